The van der Waals surface area contributed by atoms with Crippen LogP contribution in [0.1, 0.15) is 41.4 Å². The first-order valence-corrected chi connectivity index (χ1v) is 11.0. The van der Waals surface area contributed by atoms with E-state index in [9.17, 15) is 29.1 Å². The van der Waals surface area contributed by atoms with Crippen LogP contribution in [0.15, 0.2) is 71.6 Å². The van der Waals surface area contributed by atoms with E-state index in [0.717, 1.165) is 23.1 Å². The molecule has 178 valence electrons. The summed E-state index contributed by atoms with van der Waals surface area (Å²) in [4.78, 5) is 59.1. The van der Waals surface area contributed by atoms with Gasteiger partial charge in [-0.3, -0.25) is 14.4 Å². The molecule has 3 aromatic rings. The van der Waals surface area contributed by atoms with E-state index < -0.39 is 29.3 Å². The molecule has 11 heteroatoms. The van der Waals surface area contributed by atoms with Crippen molar-refractivity contribution in [1.82, 2.24) is 0 Å². The highest BCUT2D eigenvalue weighted by Gasteiger charge is 2.19. The van der Waals surface area contributed by atoms with Crippen LogP contribution in [-0.4, -0.2) is 45.6 Å². The molecule has 0 saturated carbocycles. The molecule has 6 N–H and O–H groups in total. The Hall–Kier alpha value is -4.64. The van der Waals surface area contributed by atoms with E-state index in [1.54, 1.807) is 36.4 Å². The number of thioether (sulfide) groups is 1. The van der Waals surface area contributed by atoms with Crippen molar-refractivity contribution in [3.63, 3.8) is 0 Å². The van der Waals surface area contributed by atoms with Gasteiger partial charge in [-0.15, -0.1) is 11.8 Å². The van der Waals surface area contributed by atoms with Gasteiger partial charge in [0.2, 0.25) is 11.8 Å². The quantitative estimate of drug-likeness (QED) is 0.282. The van der Waals surface area contributed by atoms with Gasteiger partial charge in [-0.1, -0.05) is 0 Å². The predicted molar refractivity (Wildman–Crippen MR) is 129 cm³/mol. The lowest BCUT2D eigenvalue weighted by molar-refractivity contribution is -0.113. The fraction of sp³-hybridized carbons (Fsp3) is 0.0417. The monoisotopic (exact) mass is 493 g/mol. The minimum Gasteiger partial charge on any atom is -0.478 e. The molecule has 3 amide bonds. The van der Waals surface area contributed by atoms with Crippen LogP contribution in [0.5, 0.6) is 0 Å². The van der Waals surface area contributed by atoms with E-state index in [1.165, 1.54) is 23.9 Å². The summed E-state index contributed by atoms with van der Waals surface area (Å²) in [5.74, 6) is -4.14. The number of carbonyl (C=O) groups excluding carboxylic acids is 3. The van der Waals surface area contributed by atoms with Gasteiger partial charge >= 0.3 is 11.9 Å². The highest BCUT2D eigenvalue weighted by molar-refractivity contribution is 8.00. The molecule has 3 rings (SSSR count). The summed E-state index contributed by atoms with van der Waals surface area (Å²) in [5, 5.41) is 23.6. The van der Waals surface area contributed by atoms with Crippen LogP contribution in [0, 0.1) is 0 Å². The van der Waals surface area contributed by atoms with Crippen molar-refractivity contribution in [2.75, 3.05) is 16.4 Å². The second kappa shape index (κ2) is 11.0. The van der Waals surface area contributed by atoms with Crippen LogP contribution >= 0.6 is 11.8 Å². The molecule has 0 radical (unpaired) electrons. The molecule has 3 aromatic carbocycles. The van der Waals surface area contributed by atoms with E-state index in [0.29, 0.717) is 16.9 Å². The molecule has 0 bridgehead atoms. The number of carbonyl (C=O) groups is 5. The van der Waals surface area contributed by atoms with E-state index in [-0.39, 0.29) is 22.8 Å². The number of hydrogen-bond acceptors (Lipinski definition) is 6. The van der Waals surface area contributed by atoms with Gasteiger partial charge in [0.1, 0.15) is 0 Å². The van der Waals surface area contributed by atoms with Crippen molar-refractivity contribution in [2.45, 2.75) is 4.90 Å². The van der Waals surface area contributed by atoms with Crippen molar-refractivity contribution < 1.29 is 34.2 Å². The number of anilines is 2. The van der Waals surface area contributed by atoms with Crippen LogP contribution < -0.4 is 16.4 Å². The summed E-state index contributed by atoms with van der Waals surface area (Å²) in [6.07, 6.45) is 0. The molecule has 0 aliphatic rings. The maximum atomic E-state index is 12.5. The average molecular weight is 493 g/mol. The van der Waals surface area contributed by atoms with E-state index in [4.69, 9.17) is 10.8 Å². The third kappa shape index (κ3) is 6.68. The third-order valence-corrected chi connectivity index (χ3v) is 5.69. The smallest absolute Gasteiger partial charge is 0.336 e. The summed E-state index contributed by atoms with van der Waals surface area (Å²) >= 11 is 1.26. The SMILES string of the molecule is NC(=O)c1ccc(NC(=O)CSc2ccc(NC(=O)c3ccc(C(=O)O)cc3C(=O)O)cc2)cc1. The Labute approximate surface area is 203 Å². The van der Waals surface area contributed by atoms with Crippen LogP contribution in [-0.2, 0) is 4.79 Å². The molecule has 0 unspecified atom stereocenters. The summed E-state index contributed by atoms with van der Waals surface area (Å²) in [6.45, 7) is 0. The number of amides is 3. The number of benzene rings is 3. The fourth-order valence-electron chi connectivity index (χ4n) is 2.95. The van der Waals surface area contributed by atoms with Gasteiger partial charge < -0.3 is 26.6 Å². The molecular weight excluding hydrogens is 474 g/mol. The lowest BCUT2D eigenvalue weighted by Crippen LogP contribution is -2.17. The highest BCUT2D eigenvalue weighted by atomic mass is 32.2. The van der Waals surface area contributed by atoms with Gasteiger partial charge in [0.25, 0.3) is 5.91 Å². The van der Waals surface area contributed by atoms with Gasteiger partial charge in [-0.05, 0) is 66.7 Å². The second-order valence-corrected chi connectivity index (χ2v) is 8.18. The van der Waals surface area contributed by atoms with Crippen LogP contribution in [0.4, 0.5) is 11.4 Å². The average Bonchev–Trinajstić information content (AvgIpc) is 2.83. The maximum Gasteiger partial charge on any atom is 0.336 e. The maximum absolute atomic E-state index is 12.5. The standard InChI is InChI=1S/C24H19N3O7S/c25-21(29)13-1-4-15(5-2-13)26-20(28)12-35-17-8-6-16(7-9-17)27-22(30)18-10-3-14(23(31)32)11-19(18)24(33)34/h1-11H,12H2,(H2,25,29)(H,26,28)(H,27,30)(H,31,32)(H,33,34). The van der Waals surface area contributed by atoms with Crippen LogP contribution in [0.25, 0.3) is 0 Å². The Bertz CT molecular complexity index is 1310. The Morgan fingerprint density at radius 2 is 1.29 bits per heavy atom. The molecule has 0 fully saturated rings. The van der Waals surface area contributed by atoms with Crippen molar-refractivity contribution in [3.8, 4) is 0 Å². The third-order valence-electron chi connectivity index (χ3n) is 4.68. The largest absolute Gasteiger partial charge is 0.478 e. The number of nitrogens with two attached hydrogens (primary N) is 1. The zero-order valence-corrected chi connectivity index (χ0v) is 18.8. The Kier molecular flexibility index (Phi) is 7.85. The molecule has 0 atom stereocenters. The van der Waals surface area contributed by atoms with E-state index in [1.807, 2.05) is 0 Å². The number of primary amides is 1. The zero-order valence-electron chi connectivity index (χ0n) is 18.0. The highest BCUT2D eigenvalue weighted by Crippen LogP contribution is 2.22. The number of carboxylic acids is 2. The topological polar surface area (TPSA) is 176 Å². The molecule has 0 aliphatic carbocycles. The molecule has 0 aromatic heterocycles. The number of rotatable bonds is 9. The molecule has 35 heavy (non-hydrogen) atoms. The first kappa shape index (κ1) is 25.0. The lowest BCUT2D eigenvalue weighted by Gasteiger charge is -2.10. The molecular formula is C24H19N3O7S. The van der Waals surface area contributed by atoms with Gasteiger partial charge in [0.05, 0.1) is 22.4 Å². The lowest BCUT2D eigenvalue weighted by atomic mass is 10.0. The van der Waals surface area contributed by atoms with Crippen LogP contribution in [0.2, 0.25) is 0 Å². The van der Waals surface area contributed by atoms with E-state index in [2.05, 4.69) is 10.6 Å². The van der Waals surface area contributed by atoms with Crippen LogP contribution in [0.3, 0.4) is 0 Å². The first-order chi connectivity index (χ1) is 16.6. The Balaban J connectivity index is 1.57. The van der Waals surface area contributed by atoms with Gasteiger partial charge in [-0.25, -0.2) is 9.59 Å². The number of nitrogens with one attached hydrogen (secondary N) is 2. The molecule has 0 saturated heterocycles. The zero-order chi connectivity index (χ0) is 25.5. The minimum absolute atomic E-state index is 0.112. The van der Waals surface area contributed by atoms with E-state index >= 15 is 0 Å². The normalized spacial score (nSPS) is 10.3. The fourth-order valence-corrected chi connectivity index (χ4v) is 3.65. The summed E-state index contributed by atoms with van der Waals surface area (Å²) in [6, 6.07) is 15.9. The minimum atomic E-state index is -1.42. The summed E-state index contributed by atoms with van der Waals surface area (Å²) in [5.41, 5.74) is 5.58. The van der Waals surface area contributed by atoms with Crippen molar-refractivity contribution in [1.29, 1.82) is 0 Å². The molecule has 10 nitrogen and oxygen atoms in total. The Morgan fingerprint density at radius 1 is 0.714 bits per heavy atom. The first-order valence-electron chi connectivity index (χ1n) is 9.98. The number of aromatic carboxylic acids is 2. The van der Waals surface area contributed by atoms with Crippen molar-refractivity contribution >= 4 is 52.8 Å². The van der Waals surface area contributed by atoms with Crippen molar-refractivity contribution in [3.05, 3.63) is 89.0 Å². The second-order valence-electron chi connectivity index (χ2n) is 7.13. The number of carboxylic acid groups (broad SMARTS) is 2. The molecule has 0 heterocycles. The van der Waals surface area contributed by atoms with Crippen molar-refractivity contribution in [2.24, 2.45) is 5.73 Å². The number of hydrogen-bond donors (Lipinski definition) is 5. The summed E-state index contributed by atoms with van der Waals surface area (Å²) in [7, 11) is 0. The van der Waals surface area contributed by atoms with Gasteiger partial charge in [0, 0.05) is 21.8 Å². The van der Waals surface area contributed by atoms with Gasteiger partial charge in [0.15, 0.2) is 0 Å². The molecule has 0 spiro atoms. The van der Waals surface area contributed by atoms with Gasteiger partial charge in [-0.2, -0.15) is 0 Å². The Morgan fingerprint density at radius 3 is 1.86 bits per heavy atom. The summed E-state index contributed by atoms with van der Waals surface area (Å²) < 4.78 is 0. The predicted octanol–water partition coefficient (Wildman–Crippen LogP) is 3.17. The molecule has 0 aliphatic heterocycles.